The van der Waals surface area contributed by atoms with Crippen molar-refractivity contribution in [2.24, 2.45) is 5.92 Å². The van der Waals surface area contributed by atoms with Crippen LogP contribution in [-0.2, 0) is 11.3 Å². The molecule has 3 aromatic rings. The first-order valence-electron chi connectivity index (χ1n) is 14.1. The number of fused-ring (bicyclic) bond motifs is 1. The highest BCUT2D eigenvalue weighted by molar-refractivity contribution is 5.87. The van der Waals surface area contributed by atoms with Crippen LogP contribution in [0.5, 0.6) is 5.75 Å². The number of benzene rings is 2. The molecule has 2 fully saturated rings. The molecule has 2 saturated carbocycles. The number of aryl methyl sites for hydroxylation is 1. The maximum Gasteiger partial charge on any atom is 0.221 e. The van der Waals surface area contributed by atoms with E-state index in [0.717, 1.165) is 42.2 Å². The summed E-state index contributed by atoms with van der Waals surface area (Å²) in [6.45, 7) is 3.18. The van der Waals surface area contributed by atoms with Gasteiger partial charge in [-0.1, -0.05) is 62.8 Å². The molecule has 5 rings (SSSR count). The molecule has 4 heteroatoms. The third-order valence-corrected chi connectivity index (χ3v) is 8.45. The Hall–Kier alpha value is -2.75. The lowest BCUT2D eigenvalue weighted by Crippen LogP contribution is -2.36. The minimum absolute atomic E-state index is 0.0140. The van der Waals surface area contributed by atoms with Crippen molar-refractivity contribution in [2.45, 2.75) is 96.1 Å². The third-order valence-electron chi connectivity index (χ3n) is 8.45. The molecule has 0 aliphatic heterocycles. The quantitative estimate of drug-likeness (QED) is 0.358. The summed E-state index contributed by atoms with van der Waals surface area (Å²) < 4.78 is 8.11. The molecule has 1 aromatic heterocycles. The van der Waals surface area contributed by atoms with Crippen LogP contribution in [0.2, 0.25) is 0 Å². The molecular weight excluding hydrogens is 444 g/mol. The number of methoxy groups -OCH3 is 1. The van der Waals surface area contributed by atoms with Gasteiger partial charge in [-0.2, -0.15) is 0 Å². The largest absolute Gasteiger partial charge is 0.497 e. The van der Waals surface area contributed by atoms with Gasteiger partial charge >= 0.3 is 0 Å². The normalized spacial score (nSPS) is 18.3. The molecule has 2 aliphatic carbocycles. The first kappa shape index (κ1) is 24.9. The van der Waals surface area contributed by atoms with E-state index in [0.29, 0.717) is 12.5 Å². The van der Waals surface area contributed by atoms with Crippen LogP contribution >= 0.6 is 0 Å². The number of hydrogen-bond acceptors (Lipinski definition) is 2. The zero-order valence-corrected chi connectivity index (χ0v) is 22.1. The Morgan fingerprint density at radius 1 is 1.00 bits per heavy atom. The zero-order valence-electron chi connectivity index (χ0n) is 22.1. The molecular formula is C32H42N2O2. The Kier molecular flexibility index (Phi) is 7.99. The fraction of sp³-hybridized carbons (Fsp3) is 0.531. The van der Waals surface area contributed by atoms with Crippen molar-refractivity contribution >= 4 is 16.8 Å². The lowest BCUT2D eigenvalue weighted by molar-refractivity contribution is -0.122. The van der Waals surface area contributed by atoms with Gasteiger partial charge in [0.15, 0.2) is 0 Å². The van der Waals surface area contributed by atoms with Crippen LogP contribution in [0, 0.1) is 12.8 Å². The smallest absolute Gasteiger partial charge is 0.221 e. The maximum absolute atomic E-state index is 13.4. The van der Waals surface area contributed by atoms with Crippen molar-refractivity contribution in [3.8, 4) is 5.75 Å². The van der Waals surface area contributed by atoms with E-state index in [9.17, 15) is 4.79 Å². The average molecular weight is 487 g/mol. The Labute approximate surface area is 216 Å². The number of ether oxygens (including phenoxy) is 1. The summed E-state index contributed by atoms with van der Waals surface area (Å²) >= 11 is 0. The van der Waals surface area contributed by atoms with Gasteiger partial charge in [-0.15, -0.1) is 0 Å². The standard InChI is InChI=1S/C32H42N2O2/c1-23-17-25(19-27(18-23)36-2)29(20-32(35)33-26-13-7-4-8-14-26)30-22-34(21-24-11-5-3-6-12-24)31-16-10-9-15-28(30)31/h9-10,15-19,22,24,26,29H,3-8,11-14,20-21H2,1-2H3,(H,33,35). The van der Waals surface area contributed by atoms with Crippen LogP contribution in [0.3, 0.4) is 0 Å². The Morgan fingerprint density at radius 2 is 1.72 bits per heavy atom. The molecule has 1 unspecified atom stereocenters. The van der Waals surface area contributed by atoms with Crippen LogP contribution in [0.25, 0.3) is 10.9 Å². The molecule has 1 heterocycles. The van der Waals surface area contributed by atoms with Crippen LogP contribution in [0.4, 0.5) is 0 Å². The SMILES string of the molecule is COc1cc(C)cc(C(CC(=O)NC2CCCCC2)c2cn(CC3CCCCC3)c3ccccc23)c1. The van der Waals surface area contributed by atoms with Crippen LogP contribution in [-0.4, -0.2) is 23.6 Å². The number of para-hydroxylation sites is 1. The summed E-state index contributed by atoms with van der Waals surface area (Å²) in [6.07, 6.45) is 15.5. The molecule has 2 aromatic carbocycles. The van der Waals surface area contributed by atoms with E-state index in [-0.39, 0.29) is 11.8 Å². The third kappa shape index (κ3) is 5.79. The molecule has 0 bridgehead atoms. The van der Waals surface area contributed by atoms with Gasteiger partial charge in [-0.3, -0.25) is 4.79 Å². The van der Waals surface area contributed by atoms with Gasteiger partial charge in [0.1, 0.15) is 5.75 Å². The van der Waals surface area contributed by atoms with Gasteiger partial charge in [0.05, 0.1) is 7.11 Å². The number of nitrogens with one attached hydrogen (secondary N) is 1. The van der Waals surface area contributed by atoms with E-state index in [4.69, 9.17) is 4.74 Å². The second-order valence-corrected chi connectivity index (χ2v) is 11.2. The van der Waals surface area contributed by atoms with Gasteiger partial charge in [-0.25, -0.2) is 0 Å². The topological polar surface area (TPSA) is 43.3 Å². The fourth-order valence-electron chi connectivity index (χ4n) is 6.57. The number of carbonyl (C=O) groups excluding carboxylic acids is 1. The number of carbonyl (C=O) groups is 1. The highest BCUT2D eigenvalue weighted by Crippen LogP contribution is 2.38. The van der Waals surface area contributed by atoms with Gasteiger partial charge in [-0.05, 0) is 73.4 Å². The number of nitrogens with zero attached hydrogens (tertiary/aromatic N) is 1. The van der Waals surface area contributed by atoms with E-state index >= 15 is 0 Å². The predicted molar refractivity (Wildman–Crippen MR) is 148 cm³/mol. The van der Waals surface area contributed by atoms with Gasteiger partial charge in [0.2, 0.25) is 5.91 Å². The van der Waals surface area contributed by atoms with Crippen molar-refractivity contribution in [1.29, 1.82) is 0 Å². The average Bonchev–Trinajstić information content (AvgIpc) is 3.26. The van der Waals surface area contributed by atoms with E-state index < -0.39 is 0 Å². The predicted octanol–water partition coefficient (Wildman–Crippen LogP) is 7.51. The first-order valence-corrected chi connectivity index (χ1v) is 14.1. The van der Waals surface area contributed by atoms with Crippen molar-refractivity contribution in [3.05, 3.63) is 65.4 Å². The van der Waals surface area contributed by atoms with Crippen molar-refractivity contribution < 1.29 is 9.53 Å². The molecule has 2 aliphatic rings. The highest BCUT2D eigenvalue weighted by atomic mass is 16.5. The van der Waals surface area contributed by atoms with Gasteiger partial charge < -0.3 is 14.6 Å². The van der Waals surface area contributed by atoms with Crippen LogP contribution in [0.15, 0.2) is 48.7 Å². The van der Waals surface area contributed by atoms with Crippen molar-refractivity contribution in [2.75, 3.05) is 7.11 Å². The monoisotopic (exact) mass is 486 g/mol. The molecule has 1 amide bonds. The summed E-state index contributed by atoms with van der Waals surface area (Å²) in [5, 5.41) is 4.64. The summed E-state index contributed by atoms with van der Waals surface area (Å²) in [6, 6.07) is 15.5. The van der Waals surface area contributed by atoms with Gasteiger partial charge in [0.25, 0.3) is 0 Å². The second-order valence-electron chi connectivity index (χ2n) is 11.2. The molecule has 0 spiro atoms. The summed E-state index contributed by atoms with van der Waals surface area (Å²) in [7, 11) is 1.72. The first-order chi connectivity index (χ1) is 17.6. The van der Waals surface area contributed by atoms with Crippen LogP contribution in [0.1, 0.15) is 93.2 Å². The zero-order chi connectivity index (χ0) is 24.9. The summed E-state index contributed by atoms with van der Waals surface area (Å²) in [5.41, 5.74) is 4.86. The highest BCUT2D eigenvalue weighted by Gasteiger charge is 2.26. The van der Waals surface area contributed by atoms with Gasteiger partial charge in [0, 0.05) is 42.0 Å². The Balaban J connectivity index is 1.51. The molecule has 36 heavy (non-hydrogen) atoms. The van der Waals surface area contributed by atoms with Crippen molar-refractivity contribution in [3.63, 3.8) is 0 Å². The maximum atomic E-state index is 13.4. The number of rotatable bonds is 8. The molecule has 0 saturated heterocycles. The molecule has 4 nitrogen and oxygen atoms in total. The molecule has 0 radical (unpaired) electrons. The minimum Gasteiger partial charge on any atom is -0.497 e. The summed E-state index contributed by atoms with van der Waals surface area (Å²) in [5.74, 6) is 1.75. The number of aromatic nitrogens is 1. The van der Waals surface area contributed by atoms with Crippen LogP contribution < -0.4 is 10.1 Å². The van der Waals surface area contributed by atoms with E-state index in [1.165, 1.54) is 67.8 Å². The molecule has 192 valence electrons. The molecule has 1 N–H and O–H groups in total. The lowest BCUT2D eigenvalue weighted by atomic mass is 9.86. The Morgan fingerprint density at radius 3 is 2.47 bits per heavy atom. The minimum atomic E-state index is -0.0140. The van der Waals surface area contributed by atoms with E-state index in [1.807, 2.05) is 0 Å². The van der Waals surface area contributed by atoms with Crippen molar-refractivity contribution in [1.82, 2.24) is 9.88 Å². The van der Waals surface area contributed by atoms with E-state index in [1.54, 1.807) is 7.11 Å². The second kappa shape index (κ2) is 11.5. The van der Waals surface area contributed by atoms with E-state index in [2.05, 4.69) is 65.5 Å². The number of hydrogen-bond donors (Lipinski definition) is 1. The summed E-state index contributed by atoms with van der Waals surface area (Å²) in [4.78, 5) is 13.4. The molecule has 1 atom stereocenters. The number of amides is 1. The Bertz CT molecular complexity index is 1170. The fourth-order valence-corrected chi connectivity index (χ4v) is 6.57. The lowest BCUT2D eigenvalue weighted by Gasteiger charge is -2.25.